The van der Waals surface area contributed by atoms with Gasteiger partial charge >= 0.3 is 0 Å². The molecule has 2 aliphatic heterocycles. The highest BCUT2D eigenvalue weighted by atomic mass is 16.5. The largest absolute Gasteiger partial charge is 0.382 e. The fourth-order valence-corrected chi connectivity index (χ4v) is 3.49. The molecule has 0 aromatic carbocycles. The Morgan fingerprint density at radius 3 is 2.45 bits per heavy atom. The van der Waals surface area contributed by atoms with Crippen LogP contribution in [0.5, 0.6) is 0 Å². The third-order valence-electron chi connectivity index (χ3n) is 4.80. The molecule has 1 amide bonds. The van der Waals surface area contributed by atoms with Crippen LogP contribution in [0.3, 0.4) is 0 Å². The van der Waals surface area contributed by atoms with Crippen molar-refractivity contribution < 1.29 is 9.53 Å². The van der Waals surface area contributed by atoms with Gasteiger partial charge in [-0.2, -0.15) is 0 Å². The molecule has 20 heavy (non-hydrogen) atoms. The van der Waals surface area contributed by atoms with Crippen molar-refractivity contribution in [2.75, 3.05) is 32.8 Å². The van der Waals surface area contributed by atoms with E-state index in [1.807, 2.05) is 4.90 Å². The molecule has 4 nitrogen and oxygen atoms in total. The van der Waals surface area contributed by atoms with Gasteiger partial charge < -0.3 is 9.64 Å². The second-order valence-corrected chi connectivity index (χ2v) is 6.39. The van der Waals surface area contributed by atoms with Crippen molar-refractivity contribution in [2.45, 2.75) is 58.5 Å². The number of piperidine rings is 1. The smallest absolute Gasteiger partial charge is 0.240 e. The maximum Gasteiger partial charge on any atom is 0.240 e. The Kier molecular flexibility index (Phi) is 5.85. The Bertz CT molecular complexity index is 312. The number of likely N-dealkylation sites (tertiary alicyclic amines) is 2. The highest BCUT2D eigenvalue weighted by molar-refractivity contribution is 5.84. The molecule has 2 fully saturated rings. The molecule has 0 N–H and O–H groups in total. The van der Waals surface area contributed by atoms with Crippen LogP contribution < -0.4 is 0 Å². The molecule has 2 heterocycles. The van der Waals surface area contributed by atoms with Gasteiger partial charge in [0.1, 0.15) is 0 Å². The number of carbonyl (C=O) groups excluding carboxylic acids is 1. The van der Waals surface area contributed by atoms with Gasteiger partial charge in [0.25, 0.3) is 0 Å². The average molecular weight is 282 g/mol. The van der Waals surface area contributed by atoms with Gasteiger partial charge in [-0.25, -0.2) is 0 Å². The molecule has 2 rings (SSSR count). The van der Waals surface area contributed by atoms with E-state index in [0.29, 0.717) is 11.9 Å². The molecule has 116 valence electrons. The summed E-state index contributed by atoms with van der Waals surface area (Å²) in [5.74, 6) is 1.14. The van der Waals surface area contributed by atoms with Crippen LogP contribution in [-0.2, 0) is 9.53 Å². The number of ether oxygens (including phenoxy) is 1. The monoisotopic (exact) mass is 282 g/mol. The Balaban J connectivity index is 1.75. The van der Waals surface area contributed by atoms with Crippen molar-refractivity contribution in [2.24, 2.45) is 5.92 Å². The van der Waals surface area contributed by atoms with Gasteiger partial charge in [0.15, 0.2) is 0 Å². The van der Waals surface area contributed by atoms with Crippen molar-refractivity contribution >= 4 is 5.91 Å². The van der Waals surface area contributed by atoms with E-state index < -0.39 is 0 Å². The summed E-state index contributed by atoms with van der Waals surface area (Å²) in [6.07, 6.45) is 4.64. The fraction of sp³-hybridized carbons (Fsp3) is 0.938. The van der Waals surface area contributed by atoms with E-state index >= 15 is 0 Å². The Labute approximate surface area is 123 Å². The second-order valence-electron chi connectivity index (χ2n) is 6.39. The summed E-state index contributed by atoms with van der Waals surface area (Å²) in [5.41, 5.74) is 0. The van der Waals surface area contributed by atoms with E-state index in [0.717, 1.165) is 45.2 Å². The van der Waals surface area contributed by atoms with Gasteiger partial charge in [-0.05, 0) is 65.5 Å². The zero-order chi connectivity index (χ0) is 14.5. The number of nitrogens with zero attached hydrogens (tertiary/aromatic N) is 2. The van der Waals surface area contributed by atoms with E-state index in [4.69, 9.17) is 4.74 Å². The standard InChI is InChI=1S/C16H30N2O2/c1-4-20-12-8-14-5-9-17(10-6-14)15-7-11-18(13(2)3)16(15)19/h13-15H,4-12H2,1-3H3. The minimum Gasteiger partial charge on any atom is -0.382 e. The Morgan fingerprint density at radius 1 is 1.20 bits per heavy atom. The highest BCUT2D eigenvalue weighted by Crippen LogP contribution is 2.26. The Hall–Kier alpha value is -0.610. The molecule has 0 radical (unpaired) electrons. The number of hydrogen-bond acceptors (Lipinski definition) is 3. The molecule has 0 aromatic rings. The van der Waals surface area contributed by atoms with Crippen molar-refractivity contribution in [1.29, 1.82) is 0 Å². The van der Waals surface area contributed by atoms with Crippen LogP contribution in [0.15, 0.2) is 0 Å². The van der Waals surface area contributed by atoms with E-state index in [2.05, 4.69) is 25.7 Å². The van der Waals surface area contributed by atoms with Gasteiger partial charge in [-0.3, -0.25) is 9.69 Å². The van der Waals surface area contributed by atoms with E-state index in [9.17, 15) is 4.79 Å². The SMILES string of the molecule is CCOCCC1CCN(C2CCN(C(C)C)C2=O)CC1. The summed E-state index contributed by atoms with van der Waals surface area (Å²) in [5, 5.41) is 0. The van der Waals surface area contributed by atoms with E-state index in [-0.39, 0.29) is 6.04 Å². The molecule has 1 unspecified atom stereocenters. The highest BCUT2D eigenvalue weighted by Gasteiger charge is 2.38. The quantitative estimate of drug-likeness (QED) is 0.700. The second kappa shape index (κ2) is 7.41. The fourth-order valence-electron chi connectivity index (χ4n) is 3.49. The lowest BCUT2D eigenvalue weighted by Crippen LogP contribution is -2.46. The Morgan fingerprint density at radius 2 is 1.90 bits per heavy atom. The summed E-state index contributed by atoms with van der Waals surface area (Å²) in [6.45, 7) is 11.1. The molecular formula is C16H30N2O2. The average Bonchev–Trinajstić information content (AvgIpc) is 2.82. The molecule has 0 aliphatic carbocycles. The third-order valence-corrected chi connectivity index (χ3v) is 4.80. The van der Waals surface area contributed by atoms with Gasteiger partial charge in [0, 0.05) is 25.8 Å². The topological polar surface area (TPSA) is 32.8 Å². The number of rotatable bonds is 6. The van der Waals surface area contributed by atoms with Crippen LogP contribution in [0.4, 0.5) is 0 Å². The summed E-state index contributed by atoms with van der Waals surface area (Å²) >= 11 is 0. The normalized spacial score (nSPS) is 25.9. The molecule has 0 saturated carbocycles. The summed E-state index contributed by atoms with van der Waals surface area (Å²) in [7, 11) is 0. The van der Waals surface area contributed by atoms with Crippen LogP contribution >= 0.6 is 0 Å². The molecule has 2 aliphatic rings. The van der Waals surface area contributed by atoms with Gasteiger partial charge in [-0.15, -0.1) is 0 Å². The lowest BCUT2D eigenvalue weighted by molar-refractivity contribution is -0.134. The van der Waals surface area contributed by atoms with E-state index in [1.54, 1.807) is 0 Å². The number of hydrogen-bond donors (Lipinski definition) is 0. The maximum absolute atomic E-state index is 12.4. The molecule has 2 saturated heterocycles. The van der Waals surface area contributed by atoms with Crippen LogP contribution in [0, 0.1) is 5.92 Å². The molecule has 0 aromatic heterocycles. The lowest BCUT2D eigenvalue weighted by Gasteiger charge is -2.35. The molecule has 0 bridgehead atoms. The zero-order valence-corrected chi connectivity index (χ0v) is 13.3. The first-order valence-electron chi connectivity index (χ1n) is 8.25. The molecular weight excluding hydrogens is 252 g/mol. The van der Waals surface area contributed by atoms with Crippen molar-refractivity contribution in [3.8, 4) is 0 Å². The minimum absolute atomic E-state index is 0.158. The van der Waals surface area contributed by atoms with E-state index in [1.165, 1.54) is 19.3 Å². The third kappa shape index (κ3) is 3.73. The van der Waals surface area contributed by atoms with Crippen LogP contribution in [0.2, 0.25) is 0 Å². The van der Waals surface area contributed by atoms with Crippen LogP contribution in [0.1, 0.15) is 46.5 Å². The maximum atomic E-state index is 12.4. The first-order chi connectivity index (χ1) is 9.63. The zero-order valence-electron chi connectivity index (χ0n) is 13.3. The summed E-state index contributed by atoms with van der Waals surface area (Å²) in [4.78, 5) is 16.9. The predicted molar refractivity (Wildman–Crippen MR) is 80.7 cm³/mol. The first kappa shape index (κ1) is 15.8. The van der Waals surface area contributed by atoms with Gasteiger partial charge in [-0.1, -0.05) is 0 Å². The predicted octanol–water partition coefficient (Wildman–Crippen LogP) is 2.13. The lowest BCUT2D eigenvalue weighted by atomic mass is 9.93. The molecule has 1 atom stereocenters. The van der Waals surface area contributed by atoms with Gasteiger partial charge in [0.05, 0.1) is 6.04 Å². The summed E-state index contributed by atoms with van der Waals surface area (Å²) in [6, 6.07) is 0.501. The van der Waals surface area contributed by atoms with Crippen LogP contribution in [0.25, 0.3) is 0 Å². The number of carbonyl (C=O) groups is 1. The summed E-state index contributed by atoms with van der Waals surface area (Å²) < 4.78 is 5.45. The molecule has 4 heteroatoms. The van der Waals surface area contributed by atoms with Gasteiger partial charge in [0.2, 0.25) is 5.91 Å². The molecule has 0 spiro atoms. The number of amides is 1. The minimum atomic E-state index is 0.158. The van der Waals surface area contributed by atoms with Crippen molar-refractivity contribution in [3.63, 3.8) is 0 Å². The van der Waals surface area contributed by atoms with Crippen molar-refractivity contribution in [1.82, 2.24) is 9.80 Å². The first-order valence-corrected chi connectivity index (χ1v) is 8.25. The van der Waals surface area contributed by atoms with Crippen LogP contribution in [-0.4, -0.2) is 60.6 Å². The van der Waals surface area contributed by atoms with Crippen molar-refractivity contribution in [3.05, 3.63) is 0 Å².